The zero-order valence-corrected chi connectivity index (χ0v) is 18.0. The van der Waals surface area contributed by atoms with Gasteiger partial charge in [0.1, 0.15) is 36.2 Å². The molecule has 1 N–H and O–H groups in total. The van der Waals surface area contributed by atoms with E-state index in [1.54, 1.807) is 14.2 Å². The third kappa shape index (κ3) is 7.11. The summed E-state index contributed by atoms with van der Waals surface area (Å²) in [5.41, 5.74) is 0.957. The second kappa shape index (κ2) is 12.3. The van der Waals surface area contributed by atoms with Gasteiger partial charge in [0.15, 0.2) is 0 Å². The first-order valence-corrected chi connectivity index (χ1v) is 10.7. The minimum atomic E-state index is 0.413. The number of ether oxygens (including phenoxy) is 5. The van der Waals surface area contributed by atoms with Crippen LogP contribution >= 0.6 is 0 Å². The molecule has 1 saturated carbocycles. The number of hydrogen-bond acceptors (Lipinski definition) is 6. The van der Waals surface area contributed by atoms with Crippen LogP contribution in [0.5, 0.6) is 23.0 Å². The minimum absolute atomic E-state index is 0.413. The van der Waals surface area contributed by atoms with Gasteiger partial charge in [-0.3, -0.25) is 0 Å². The molecule has 0 amide bonds. The topological polar surface area (TPSA) is 58.2 Å². The van der Waals surface area contributed by atoms with E-state index in [1.165, 1.54) is 25.7 Å². The summed E-state index contributed by atoms with van der Waals surface area (Å²) in [5, 5.41) is 3.54. The van der Waals surface area contributed by atoms with Gasteiger partial charge in [0, 0.05) is 24.2 Å². The Morgan fingerprint density at radius 1 is 0.800 bits per heavy atom. The van der Waals surface area contributed by atoms with Crippen LogP contribution in [0.3, 0.4) is 0 Å². The summed E-state index contributed by atoms with van der Waals surface area (Å²) in [6.45, 7) is 3.17. The van der Waals surface area contributed by atoms with E-state index >= 15 is 0 Å². The maximum atomic E-state index is 5.87. The largest absolute Gasteiger partial charge is 0.497 e. The first kappa shape index (κ1) is 22.2. The third-order valence-electron chi connectivity index (χ3n) is 5.24. The molecule has 0 spiro atoms. The zero-order chi connectivity index (χ0) is 21.0. The summed E-state index contributed by atoms with van der Waals surface area (Å²) in [4.78, 5) is 0. The number of hydrogen-bond donors (Lipinski definition) is 1. The smallest absolute Gasteiger partial charge is 0.129 e. The van der Waals surface area contributed by atoms with Gasteiger partial charge >= 0.3 is 0 Å². The molecule has 6 heteroatoms. The molecule has 0 saturated heterocycles. The van der Waals surface area contributed by atoms with Gasteiger partial charge in [0.2, 0.25) is 0 Å². The van der Waals surface area contributed by atoms with E-state index in [1.807, 2.05) is 42.5 Å². The van der Waals surface area contributed by atoms with Crippen molar-refractivity contribution in [3.8, 4) is 23.0 Å². The highest BCUT2D eigenvalue weighted by atomic mass is 16.5. The van der Waals surface area contributed by atoms with E-state index in [0.717, 1.165) is 41.7 Å². The number of nitrogens with one attached hydrogen (secondary N) is 1. The van der Waals surface area contributed by atoms with Crippen LogP contribution in [0.2, 0.25) is 0 Å². The molecule has 1 aliphatic rings. The van der Waals surface area contributed by atoms with Crippen LogP contribution in [0.15, 0.2) is 42.5 Å². The predicted molar refractivity (Wildman–Crippen MR) is 117 cm³/mol. The lowest BCUT2D eigenvalue weighted by Crippen LogP contribution is -2.29. The van der Waals surface area contributed by atoms with E-state index < -0.39 is 0 Å². The Morgan fingerprint density at radius 2 is 1.50 bits per heavy atom. The minimum Gasteiger partial charge on any atom is -0.497 e. The van der Waals surface area contributed by atoms with E-state index in [-0.39, 0.29) is 0 Å². The van der Waals surface area contributed by atoms with Gasteiger partial charge in [-0.15, -0.1) is 0 Å². The van der Waals surface area contributed by atoms with Crippen molar-refractivity contribution in [1.82, 2.24) is 5.32 Å². The van der Waals surface area contributed by atoms with Crippen molar-refractivity contribution < 1.29 is 23.7 Å². The Morgan fingerprint density at radius 3 is 2.20 bits per heavy atom. The highest BCUT2D eigenvalue weighted by molar-refractivity contribution is 5.41. The SMILES string of the molecule is COc1ccc(COc2ccc(OCCOCCNC3CCCC3)cc2)c(OC)c1. The summed E-state index contributed by atoms with van der Waals surface area (Å²) in [6.07, 6.45) is 5.31. The second-order valence-electron chi connectivity index (χ2n) is 7.33. The molecular formula is C24H33NO5. The normalized spacial score (nSPS) is 13.9. The molecule has 0 radical (unpaired) electrons. The molecule has 2 aromatic carbocycles. The Labute approximate surface area is 179 Å². The monoisotopic (exact) mass is 415 g/mol. The Bertz CT molecular complexity index is 744. The maximum Gasteiger partial charge on any atom is 0.129 e. The molecule has 0 unspecified atom stereocenters. The lowest BCUT2D eigenvalue weighted by molar-refractivity contribution is 0.100. The molecule has 164 valence electrons. The summed E-state index contributed by atoms with van der Waals surface area (Å²) < 4.78 is 27.9. The molecular weight excluding hydrogens is 382 g/mol. The highest BCUT2D eigenvalue weighted by Gasteiger charge is 2.13. The molecule has 3 rings (SSSR count). The van der Waals surface area contributed by atoms with Crippen LogP contribution < -0.4 is 24.3 Å². The quantitative estimate of drug-likeness (QED) is 0.495. The maximum absolute atomic E-state index is 5.87. The fourth-order valence-corrected chi connectivity index (χ4v) is 3.55. The van der Waals surface area contributed by atoms with Crippen molar-refractivity contribution in [2.24, 2.45) is 0 Å². The summed E-state index contributed by atoms with van der Waals surface area (Å²) in [7, 11) is 3.27. The van der Waals surface area contributed by atoms with Crippen LogP contribution in [0.1, 0.15) is 31.2 Å². The number of benzene rings is 2. The van der Waals surface area contributed by atoms with Crippen molar-refractivity contribution >= 4 is 0 Å². The van der Waals surface area contributed by atoms with Crippen LogP contribution in [-0.4, -0.2) is 46.6 Å². The van der Waals surface area contributed by atoms with Gasteiger partial charge < -0.3 is 29.0 Å². The summed E-state index contributed by atoms with van der Waals surface area (Å²) in [6, 6.07) is 14.0. The standard InChI is InChI=1S/C24H33NO5/c1-26-23-8-7-19(24(17-23)27-2)18-30-22-11-9-21(10-12-22)29-16-15-28-14-13-25-20-5-3-4-6-20/h7-12,17,20,25H,3-6,13-16,18H2,1-2H3. The molecule has 0 aliphatic heterocycles. The fraction of sp³-hybridized carbons (Fsp3) is 0.500. The average Bonchev–Trinajstić information content (AvgIpc) is 3.31. The Kier molecular flexibility index (Phi) is 9.12. The Hall–Kier alpha value is -2.44. The van der Waals surface area contributed by atoms with Gasteiger partial charge in [0.05, 0.1) is 27.4 Å². The van der Waals surface area contributed by atoms with Crippen molar-refractivity contribution in [1.29, 1.82) is 0 Å². The van der Waals surface area contributed by atoms with E-state index in [9.17, 15) is 0 Å². The predicted octanol–water partition coefficient (Wildman–Crippen LogP) is 4.21. The second-order valence-corrected chi connectivity index (χ2v) is 7.33. The fourth-order valence-electron chi connectivity index (χ4n) is 3.55. The van der Waals surface area contributed by atoms with Gasteiger partial charge in [-0.2, -0.15) is 0 Å². The Balaban J connectivity index is 1.32. The zero-order valence-electron chi connectivity index (χ0n) is 18.0. The van der Waals surface area contributed by atoms with Crippen LogP contribution in [0, 0.1) is 0 Å². The molecule has 0 heterocycles. The molecule has 2 aromatic rings. The molecule has 1 aliphatic carbocycles. The summed E-state index contributed by atoms with van der Waals surface area (Å²) >= 11 is 0. The molecule has 0 atom stereocenters. The van der Waals surface area contributed by atoms with Gasteiger partial charge in [-0.1, -0.05) is 12.8 Å². The van der Waals surface area contributed by atoms with Gasteiger partial charge in [-0.05, 0) is 49.2 Å². The van der Waals surface area contributed by atoms with Crippen LogP contribution in [-0.2, 0) is 11.3 Å². The molecule has 30 heavy (non-hydrogen) atoms. The van der Waals surface area contributed by atoms with Gasteiger partial charge in [0.25, 0.3) is 0 Å². The van der Waals surface area contributed by atoms with Crippen molar-refractivity contribution in [2.75, 3.05) is 40.6 Å². The van der Waals surface area contributed by atoms with Crippen molar-refractivity contribution in [2.45, 2.75) is 38.3 Å². The van der Waals surface area contributed by atoms with E-state index in [0.29, 0.717) is 25.9 Å². The van der Waals surface area contributed by atoms with E-state index in [4.69, 9.17) is 23.7 Å². The van der Waals surface area contributed by atoms with E-state index in [2.05, 4.69) is 5.32 Å². The van der Waals surface area contributed by atoms with Crippen molar-refractivity contribution in [3.05, 3.63) is 48.0 Å². The number of rotatable bonds is 13. The van der Waals surface area contributed by atoms with Crippen molar-refractivity contribution in [3.63, 3.8) is 0 Å². The molecule has 1 fully saturated rings. The summed E-state index contributed by atoms with van der Waals surface area (Å²) in [5.74, 6) is 3.07. The first-order valence-electron chi connectivity index (χ1n) is 10.7. The molecule has 0 aromatic heterocycles. The van der Waals surface area contributed by atoms with Crippen LogP contribution in [0.4, 0.5) is 0 Å². The first-order chi connectivity index (χ1) is 14.8. The van der Waals surface area contributed by atoms with Gasteiger partial charge in [-0.25, -0.2) is 0 Å². The lowest BCUT2D eigenvalue weighted by Gasteiger charge is -2.13. The molecule has 0 bridgehead atoms. The highest BCUT2D eigenvalue weighted by Crippen LogP contribution is 2.26. The lowest BCUT2D eigenvalue weighted by atomic mass is 10.2. The third-order valence-corrected chi connectivity index (χ3v) is 5.24. The van der Waals surface area contributed by atoms with Crippen LogP contribution in [0.25, 0.3) is 0 Å². The number of methoxy groups -OCH3 is 2. The molecule has 6 nitrogen and oxygen atoms in total. The average molecular weight is 416 g/mol.